The molecule has 5 heteroatoms. The van der Waals surface area contributed by atoms with E-state index in [-0.39, 0.29) is 0 Å². The lowest BCUT2D eigenvalue weighted by Gasteiger charge is -1.90. The minimum atomic E-state index is -3.11. The number of nitrogen functional groups attached to an aromatic ring is 1. The molecule has 0 unspecified atom stereocenters. The molecule has 4 nitrogen and oxygen atoms in total. The monoisotopic (exact) mass is 187 g/mol. The van der Waals surface area contributed by atoms with Crippen molar-refractivity contribution in [3.63, 3.8) is 0 Å². The first-order chi connectivity index (χ1) is 5.52. The molecular formula is C7H9NO3S. The number of hydrogen-bond donors (Lipinski definition) is 1. The summed E-state index contributed by atoms with van der Waals surface area (Å²) < 4.78 is 25.3. The minimum Gasteiger partial charge on any atom is -0.399 e. The van der Waals surface area contributed by atoms with Gasteiger partial charge in [0.25, 0.3) is 0 Å². The van der Waals surface area contributed by atoms with Crippen LogP contribution in [0.3, 0.4) is 0 Å². The molecule has 0 amide bonds. The first-order valence-electron chi connectivity index (χ1n) is 3.11. The van der Waals surface area contributed by atoms with Crippen LogP contribution in [-0.4, -0.2) is 12.6 Å². The molecule has 0 fully saturated rings. The van der Waals surface area contributed by atoms with Gasteiger partial charge in [0.1, 0.15) is 0 Å². The van der Waals surface area contributed by atoms with Gasteiger partial charge < -0.3 is 5.73 Å². The molecule has 0 spiro atoms. The van der Waals surface area contributed by atoms with Gasteiger partial charge >= 0.3 is 10.6 Å². The lowest BCUT2D eigenvalue weighted by Crippen LogP contribution is -1.81. The predicted octanol–water partition coefficient (Wildman–Crippen LogP) is 0.573. The van der Waals surface area contributed by atoms with Gasteiger partial charge in [-0.3, -0.25) is 0 Å². The quantitative estimate of drug-likeness (QED) is 0.602. The maximum Gasteiger partial charge on any atom is 0.425 e. The second-order valence-electron chi connectivity index (χ2n) is 2.11. The molecule has 2 N–H and O–H groups in total. The minimum absolute atomic E-state index is 0.829. The average molecular weight is 187 g/mol. The average Bonchev–Trinajstić information content (AvgIpc) is 1.94. The Kier molecular flexibility index (Phi) is 4.71. The van der Waals surface area contributed by atoms with Gasteiger partial charge in [-0.15, -0.1) is 12.6 Å². The molecule has 0 bridgehead atoms. The van der Waals surface area contributed by atoms with Crippen LogP contribution in [0.25, 0.3) is 0 Å². The smallest absolute Gasteiger partial charge is 0.399 e. The van der Waals surface area contributed by atoms with Crippen molar-refractivity contribution in [1.82, 2.24) is 0 Å². The summed E-state index contributed by atoms with van der Waals surface area (Å²) in [6.07, 6.45) is 0. The summed E-state index contributed by atoms with van der Waals surface area (Å²) in [5, 5.41) is 0. The van der Waals surface area contributed by atoms with Gasteiger partial charge in [0.2, 0.25) is 0 Å². The molecule has 0 heterocycles. The molecule has 0 aliphatic heterocycles. The lowest BCUT2D eigenvalue weighted by atomic mass is 10.2. The molecule has 1 aromatic rings. The Bertz CT molecular complexity index is 299. The van der Waals surface area contributed by atoms with Crippen molar-refractivity contribution in [2.24, 2.45) is 0 Å². The zero-order chi connectivity index (χ0) is 9.56. The topological polar surface area (TPSA) is 77.2 Å². The van der Waals surface area contributed by atoms with E-state index in [4.69, 9.17) is 18.4 Å². The zero-order valence-electron chi connectivity index (χ0n) is 6.52. The van der Waals surface area contributed by atoms with E-state index in [0.717, 1.165) is 5.69 Å². The van der Waals surface area contributed by atoms with Crippen molar-refractivity contribution in [3.8, 4) is 0 Å². The summed E-state index contributed by atoms with van der Waals surface area (Å²) in [7, 11) is -3.11. The van der Waals surface area contributed by atoms with Crippen LogP contribution >= 0.6 is 0 Å². The van der Waals surface area contributed by atoms with E-state index in [9.17, 15) is 0 Å². The predicted molar refractivity (Wildman–Crippen MR) is 45.3 cm³/mol. The third-order valence-electron chi connectivity index (χ3n) is 1.08. The van der Waals surface area contributed by atoms with E-state index in [1.807, 2.05) is 31.2 Å². The third-order valence-corrected chi connectivity index (χ3v) is 1.08. The maximum absolute atomic E-state index is 8.44. The number of anilines is 1. The Morgan fingerprint density at radius 3 is 1.67 bits per heavy atom. The normalized spacial score (nSPS) is 8.08. The second kappa shape index (κ2) is 5.31. The van der Waals surface area contributed by atoms with Gasteiger partial charge in [-0.2, -0.15) is 0 Å². The summed E-state index contributed by atoms with van der Waals surface area (Å²) in [5.41, 5.74) is 7.51. The Hall–Kier alpha value is -1.36. The van der Waals surface area contributed by atoms with Crippen molar-refractivity contribution < 1.29 is 12.6 Å². The highest BCUT2D eigenvalue weighted by atomic mass is 32.2. The summed E-state index contributed by atoms with van der Waals surface area (Å²) in [6.45, 7) is 2.04. The Morgan fingerprint density at radius 2 is 1.42 bits per heavy atom. The zero-order valence-corrected chi connectivity index (χ0v) is 7.34. The number of rotatable bonds is 0. The molecule has 0 atom stereocenters. The molecule has 1 aromatic carbocycles. The molecule has 0 aromatic heterocycles. The van der Waals surface area contributed by atoms with Crippen LogP contribution in [0, 0.1) is 6.92 Å². The second-order valence-corrected chi connectivity index (χ2v) is 2.52. The molecular weight excluding hydrogens is 178 g/mol. The van der Waals surface area contributed by atoms with Crippen LogP contribution in [-0.2, 0) is 10.6 Å². The fraction of sp³-hybridized carbons (Fsp3) is 0.143. The molecule has 66 valence electrons. The highest BCUT2D eigenvalue weighted by Crippen LogP contribution is 2.02. The SMILES string of the molecule is Cc1ccc(N)cc1.O=S(=O)=O. The largest absolute Gasteiger partial charge is 0.425 e. The van der Waals surface area contributed by atoms with Crippen molar-refractivity contribution >= 4 is 16.3 Å². The molecule has 0 saturated heterocycles. The van der Waals surface area contributed by atoms with Gasteiger partial charge in [-0.05, 0) is 19.1 Å². The van der Waals surface area contributed by atoms with Gasteiger partial charge in [-0.25, -0.2) is 0 Å². The summed E-state index contributed by atoms with van der Waals surface area (Å²) in [5.74, 6) is 0. The van der Waals surface area contributed by atoms with Gasteiger partial charge in [0.15, 0.2) is 0 Å². The maximum atomic E-state index is 8.44. The molecule has 0 radical (unpaired) electrons. The van der Waals surface area contributed by atoms with E-state index < -0.39 is 10.6 Å². The third kappa shape index (κ3) is 6.76. The first kappa shape index (κ1) is 10.6. The van der Waals surface area contributed by atoms with Gasteiger partial charge in [0, 0.05) is 5.69 Å². The first-order valence-corrected chi connectivity index (χ1v) is 4.11. The van der Waals surface area contributed by atoms with Crippen molar-refractivity contribution in [2.75, 3.05) is 5.73 Å². The van der Waals surface area contributed by atoms with Gasteiger partial charge in [0.05, 0.1) is 0 Å². The van der Waals surface area contributed by atoms with E-state index in [2.05, 4.69) is 0 Å². The molecule has 0 saturated carbocycles. The summed E-state index contributed by atoms with van der Waals surface area (Å²) in [4.78, 5) is 0. The van der Waals surface area contributed by atoms with Crippen LogP contribution in [0.4, 0.5) is 5.69 Å². The Morgan fingerprint density at radius 1 is 1.08 bits per heavy atom. The van der Waals surface area contributed by atoms with Crippen LogP contribution in [0.15, 0.2) is 24.3 Å². The molecule has 0 aliphatic rings. The Balaban J connectivity index is 0.000000261. The van der Waals surface area contributed by atoms with E-state index in [1.54, 1.807) is 0 Å². The lowest BCUT2D eigenvalue weighted by molar-refractivity contribution is 0.559. The van der Waals surface area contributed by atoms with Gasteiger partial charge in [-0.1, -0.05) is 17.7 Å². The van der Waals surface area contributed by atoms with Crippen LogP contribution in [0.1, 0.15) is 5.56 Å². The Labute approximate surface area is 72.1 Å². The van der Waals surface area contributed by atoms with Crippen LogP contribution in [0.5, 0.6) is 0 Å². The van der Waals surface area contributed by atoms with Crippen LogP contribution < -0.4 is 5.73 Å². The van der Waals surface area contributed by atoms with Crippen molar-refractivity contribution in [1.29, 1.82) is 0 Å². The summed E-state index contributed by atoms with van der Waals surface area (Å²) >= 11 is 0. The molecule has 0 aliphatic carbocycles. The van der Waals surface area contributed by atoms with E-state index in [1.165, 1.54) is 5.56 Å². The number of aryl methyl sites for hydroxylation is 1. The van der Waals surface area contributed by atoms with Crippen molar-refractivity contribution in [3.05, 3.63) is 29.8 Å². The highest BCUT2D eigenvalue weighted by molar-refractivity contribution is 7.59. The van der Waals surface area contributed by atoms with Crippen LogP contribution in [0.2, 0.25) is 0 Å². The molecule has 1 rings (SSSR count). The van der Waals surface area contributed by atoms with E-state index >= 15 is 0 Å². The number of nitrogens with two attached hydrogens (primary N) is 1. The number of benzene rings is 1. The highest BCUT2D eigenvalue weighted by Gasteiger charge is 1.80. The van der Waals surface area contributed by atoms with E-state index in [0.29, 0.717) is 0 Å². The fourth-order valence-electron chi connectivity index (χ4n) is 0.566. The van der Waals surface area contributed by atoms with Crippen molar-refractivity contribution in [2.45, 2.75) is 6.92 Å². The fourth-order valence-corrected chi connectivity index (χ4v) is 0.566. The summed E-state index contributed by atoms with van der Waals surface area (Å²) in [6, 6.07) is 7.79. The molecule has 12 heavy (non-hydrogen) atoms. The number of hydrogen-bond acceptors (Lipinski definition) is 4. The standard InChI is InChI=1S/C7H9N.O3S/c1-6-2-4-7(8)5-3-6;1-4(2)3/h2-5H,8H2,1H3;.